The minimum atomic E-state index is -3.59. The molecule has 0 aliphatic carbocycles. The van der Waals surface area contributed by atoms with E-state index in [0.29, 0.717) is 17.1 Å². The first kappa shape index (κ1) is 20.7. The molecule has 0 spiro atoms. The zero-order chi connectivity index (χ0) is 20.0. The van der Waals surface area contributed by atoms with Crippen LogP contribution >= 0.6 is 0 Å². The van der Waals surface area contributed by atoms with Crippen LogP contribution in [0.25, 0.3) is 0 Å². The van der Waals surface area contributed by atoms with Crippen LogP contribution in [0.1, 0.15) is 12.5 Å². The summed E-state index contributed by atoms with van der Waals surface area (Å²) in [6.45, 7) is 1.71. The number of hydrogen-bond acceptors (Lipinski definition) is 5. The fourth-order valence-corrected chi connectivity index (χ4v) is 3.45. The summed E-state index contributed by atoms with van der Waals surface area (Å²) in [7, 11) is 0.913. The normalized spacial score (nSPS) is 12.5. The molecule has 2 rings (SSSR count). The topological polar surface area (TPSA) is 84.9 Å². The van der Waals surface area contributed by atoms with E-state index in [0.717, 1.165) is 4.31 Å². The van der Waals surface area contributed by atoms with Gasteiger partial charge in [0.15, 0.2) is 6.10 Å². The Labute approximate surface area is 160 Å². The van der Waals surface area contributed by atoms with Crippen LogP contribution < -0.4 is 14.8 Å². The summed E-state index contributed by atoms with van der Waals surface area (Å²) in [5, 5.41) is 2.72. The van der Waals surface area contributed by atoms with E-state index < -0.39 is 16.1 Å². The molecule has 1 atom stereocenters. The van der Waals surface area contributed by atoms with E-state index in [1.54, 1.807) is 56.5 Å². The molecule has 0 fully saturated rings. The molecule has 7 nitrogen and oxygen atoms in total. The summed E-state index contributed by atoms with van der Waals surface area (Å²) >= 11 is 0. The molecule has 27 heavy (non-hydrogen) atoms. The van der Waals surface area contributed by atoms with Crippen LogP contribution in [0.15, 0.2) is 53.4 Å². The van der Waals surface area contributed by atoms with Gasteiger partial charge in [-0.25, -0.2) is 12.7 Å². The van der Waals surface area contributed by atoms with Gasteiger partial charge in [0.1, 0.15) is 11.5 Å². The quantitative estimate of drug-likeness (QED) is 0.743. The first-order chi connectivity index (χ1) is 12.8. The third kappa shape index (κ3) is 5.21. The van der Waals surface area contributed by atoms with Crippen molar-refractivity contribution in [3.63, 3.8) is 0 Å². The highest BCUT2D eigenvalue weighted by Crippen LogP contribution is 2.19. The molecule has 0 aliphatic rings. The van der Waals surface area contributed by atoms with E-state index in [9.17, 15) is 13.2 Å². The number of carbonyl (C=O) groups is 1. The maximum Gasteiger partial charge on any atom is 0.261 e. The molecular formula is C19H24N2O5S. The van der Waals surface area contributed by atoms with Crippen LogP contribution in [0.2, 0.25) is 0 Å². The van der Waals surface area contributed by atoms with E-state index in [2.05, 4.69) is 5.32 Å². The fourth-order valence-electron chi connectivity index (χ4n) is 2.34. The SMILES string of the molecule is COc1ccc(O[C@H](C)C(=O)NCc2ccccc2S(=O)(=O)N(C)C)cc1. The lowest BCUT2D eigenvalue weighted by Crippen LogP contribution is -2.36. The van der Waals surface area contributed by atoms with E-state index in [-0.39, 0.29) is 17.3 Å². The van der Waals surface area contributed by atoms with Crippen LogP contribution in [-0.4, -0.2) is 45.9 Å². The number of benzene rings is 2. The standard InChI is InChI=1S/C19H24N2O5S/c1-14(26-17-11-9-16(25-4)10-12-17)19(22)20-13-15-7-5-6-8-18(15)27(23,24)21(2)3/h5-12,14H,13H2,1-4H3,(H,20,22)/t14-/m1/s1. The molecular weight excluding hydrogens is 368 g/mol. The van der Waals surface area contributed by atoms with Crippen molar-refractivity contribution in [1.29, 1.82) is 0 Å². The van der Waals surface area contributed by atoms with Gasteiger partial charge < -0.3 is 14.8 Å². The molecule has 0 saturated heterocycles. The summed E-state index contributed by atoms with van der Waals surface area (Å²) in [6.07, 6.45) is -0.740. The van der Waals surface area contributed by atoms with Gasteiger partial charge in [-0.2, -0.15) is 0 Å². The molecule has 1 N–H and O–H groups in total. The van der Waals surface area contributed by atoms with Gasteiger partial charge in [-0.05, 0) is 42.8 Å². The van der Waals surface area contributed by atoms with Gasteiger partial charge in [-0.1, -0.05) is 18.2 Å². The molecule has 8 heteroatoms. The van der Waals surface area contributed by atoms with Crippen molar-refractivity contribution in [2.24, 2.45) is 0 Å². The molecule has 0 unspecified atom stereocenters. The van der Waals surface area contributed by atoms with E-state index >= 15 is 0 Å². The van der Waals surface area contributed by atoms with Crippen LogP contribution in [-0.2, 0) is 21.4 Å². The zero-order valence-electron chi connectivity index (χ0n) is 15.8. The molecule has 2 aromatic carbocycles. The van der Waals surface area contributed by atoms with E-state index in [1.807, 2.05) is 0 Å². The van der Waals surface area contributed by atoms with Crippen molar-refractivity contribution >= 4 is 15.9 Å². The number of carbonyl (C=O) groups excluding carboxylic acids is 1. The van der Waals surface area contributed by atoms with E-state index in [4.69, 9.17) is 9.47 Å². The molecule has 2 aromatic rings. The Hall–Kier alpha value is -2.58. The number of nitrogens with one attached hydrogen (secondary N) is 1. The summed E-state index contributed by atoms with van der Waals surface area (Å²) in [5.74, 6) is 0.884. The Kier molecular flexibility index (Phi) is 6.81. The second-order valence-electron chi connectivity index (χ2n) is 6.05. The molecule has 0 aliphatic heterocycles. The second kappa shape index (κ2) is 8.88. The smallest absolute Gasteiger partial charge is 0.261 e. The van der Waals surface area contributed by atoms with Gasteiger partial charge >= 0.3 is 0 Å². The summed E-state index contributed by atoms with van der Waals surface area (Å²) < 4.78 is 36.6. The highest BCUT2D eigenvalue weighted by atomic mass is 32.2. The highest BCUT2D eigenvalue weighted by molar-refractivity contribution is 7.89. The number of ether oxygens (including phenoxy) is 2. The molecule has 0 radical (unpaired) electrons. The Morgan fingerprint density at radius 3 is 2.26 bits per heavy atom. The summed E-state index contributed by atoms with van der Waals surface area (Å²) in [4.78, 5) is 12.5. The van der Waals surface area contributed by atoms with Gasteiger partial charge in [-0.15, -0.1) is 0 Å². The molecule has 0 bridgehead atoms. The highest BCUT2D eigenvalue weighted by Gasteiger charge is 2.21. The van der Waals surface area contributed by atoms with E-state index in [1.165, 1.54) is 20.2 Å². The van der Waals surface area contributed by atoms with Gasteiger partial charge in [0, 0.05) is 20.6 Å². The van der Waals surface area contributed by atoms with Crippen LogP contribution in [0.3, 0.4) is 0 Å². The molecule has 146 valence electrons. The first-order valence-electron chi connectivity index (χ1n) is 8.34. The lowest BCUT2D eigenvalue weighted by atomic mass is 10.2. The van der Waals surface area contributed by atoms with Gasteiger partial charge in [0.05, 0.1) is 12.0 Å². The van der Waals surface area contributed by atoms with Crippen molar-refractivity contribution in [3.05, 3.63) is 54.1 Å². The lowest BCUT2D eigenvalue weighted by molar-refractivity contribution is -0.127. The molecule has 0 aromatic heterocycles. The Morgan fingerprint density at radius 1 is 1.07 bits per heavy atom. The van der Waals surface area contributed by atoms with Crippen molar-refractivity contribution in [2.75, 3.05) is 21.2 Å². The Bertz CT molecular complexity index is 879. The zero-order valence-corrected chi connectivity index (χ0v) is 16.6. The van der Waals surface area contributed by atoms with Crippen LogP contribution in [0, 0.1) is 0 Å². The Morgan fingerprint density at radius 2 is 1.67 bits per heavy atom. The minimum Gasteiger partial charge on any atom is -0.497 e. The third-order valence-corrected chi connectivity index (χ3v) is 5.84. The number of rotatable bonds is 8. The average molecular weight is 392 g/mol. The van der Waals surface area contributed by atoms with Gasteiger partial charge in [0.25, 0.3) is 5.91 Å². The lowest BCUT2D eigenvalue weighted by Gasteiger charge is -2.17. The first-order valence-corrected chi connectivity index (χ1v) is 9.78. The van der Waals surface area contributed by atoms with Crippen molar-refractivity contribution in [3.8, 4) is 11.5 Å². The maximum absolute atomic E-state index is 12.4. The van der Waals surface area contributed by atoms with Gasteiger partial charge in [-0.3, -0.25) is 4.79 Å². The fraction of sp³-hybridized carbons (Fsp3) is 0.316. The number of amides is 1. The van der Waals surface area contributed by atoms with Crippen molar-refractivity contribution in [2.45, 2.75) is 24.5 Å². The average Bonchev–Trinajstić information content (AvgIpc) is 2.66. The minimum absolute atomic E-state index is 0.0817. The summed E-state index contributed by atoms with van der Waals surface area (Å²) in [5.41, 5.74) is 0.510. The summed E-state index contributed by atoms with van der Waals surface area (Å²) in [6, 6.07) is 13.5. The number of nitrogens with zero attached hydrogens (tertiary/aromatic N) is 1. The number of methoxy groups -OCH3 is 1. The second-order valence-corrected chi connectivity index (χ2v) is 8.17. The predicted octanol–water partition coefficient (Wildman–Crippen LogP) is 2.03. The van der Waals surface area contributed by atoms with Crippen molar-refractivity contribution < 1.29 is 22.7 Å². The predicted molar refractivity (Wildman–Crippen MR) is 102 cm³/mol. The number of hydrogen-bond donors (Lipinski definition) is 1. The Balaban J connectivity index is 2.03. The van der Waals surface area contributed by atoms with Gasteiger partial charge in [0.2, 0.25) is 10.0 Å². The van der Waals surface area contributed by atoms with Crippen molar-refractivity contribution in [1.82, 2.24) is 9.62 Å². The molecule has 0 heterocycles. The monoisotopic (exact) mass is 392 g/mol. The van der Waals surface area contributed by atoms with Crippen LogP contribution in [0.5, 0.6) is 11.5 Å². The molecule has 1 amide bonds. The third-order valence-electron chi connectivity index (χ3n) is 3.93. The van der Waals surface area contributed by atoms with Crippen LogP contribution in [0.4, 0.5) is 0 Å². The largest absolute Gasteiger partial charge is 0.497 e. The maximum atomic E-state index is 12.4. The molecule has 0 saturated carbocycles. The number of sulfonamides is 1.